The molecule has 0 saturated heterocycles. The first-order valence-corrected chi connectivity index (χ1v) is 9.74. The van der Waals surface area contributed by atoms with E-state index in [-0.39, 0.29) is 18.0 Å². The van der Waals surface area contributed by atoms with Crippen LogP contribution >= 0.6 is 0 Å². The number of carbonyl (C=O) groups excluding carboxylic acids is 1. The molecule has 0 aliphatic rings. The number of hydrogen-bond acceptors (Lipinski definition) is 7. The zero-order valence-electron chi connectivity index (χ0n) is 18.8. The summed E-state index contributed by atoms with van der Waals surface area (Å²) in [5.41, 5.74) is 0.954. The van der Waals surface area contributed by atoms with E-state index in [0.717, 1.165) is 0 Å². The summed E-state index contributed by atoms with van der Waals surface area (Å²) in [6.07, 6.45) is 6.27. The van der Waals surface area contributed by atoms with Crippen LogP contribution in [-0.4, -0.2) is 47.4 Å². The molecule has 0 N–H and O–H groups in total. The van der Waals surface area contributed by atoms with Crippen molar-refractivity contribution in [3.63, 3.8) is 0 Å². The Morgan fingerprint density at radius 1 is 0.781 bits per heavy atom. The Morgan fingerprint density at radius 2 is 1.34 bits per heavy atom. The van der Waals surface area contributed by atoms with Gasteiger partial charge in [0.2, 0.25) is 5.75 Å². The topological polar surface area (TPSA) is 72.5 Å². The third-order valence-corrected chi connectivity index (χ3v) is 4.34. The molecule has 7 nitrogen and oxygen atoms in total. The molecule has 0 bridgehead atoms. The van der Waals surface area contributed by atoms with Crippen LogP contribution in [0.5, 0.6) is 34.5 Å². The Labute approximate surface area is 188 Å². The number of hydrogen-bond donors (Lipinski definition) is 0. The summed E-state index contributed by atoms with van der Waals surface area (Å²) in [4.78, 5) is 13.1. The maximum Gasteiger partial charge on any atom is 0.203 e. The molecule has 0 atom stereocenters. The zero-order valence-corrected chi connectivity index (χ0v) is 18.8. The monoisotopic (exact) mass is 440 g/mol. The lowest BCUT2D eigenvalue weighted by Gasteiger charge is -2.15. The maximum absolute atomic E-state index is 13.1. The lowest BCUT2D eigenvalue weighted by molar-refractivity contribution is 0.104. The first kappa shape index (κ1) is 24.4. The molecule has 0 radical (unpaired) electrons. The Bertz CT molecular complexity index is 967. The first-order valence-electron chi connectivity index (χ1n) is 9.74. The van der Waals surface area contributed by atoms with Gasteiger partial charge in [0.15, 0.2) is 17.3 Å². The van der Waals surface area contributed by atoms with Crippen LogP contribution in [0.4, 0.5) is 0 Å². The first-order chi connectivity index (χ1) is 15.5. The van der Waals surface area contributed by atoms with Crippen LogP contribution in [0, 0.1) is 0 Å². The van der Waals surface area contributed by atoms with E-state index in [1.165, 1.54) is 34.5 Å². The van der Waals surface area contributed by atoms with Crippen molar-refractivity contribution in [3.8, 4) is 34.5 Å². The Morgan fingerprint density at radius 3 is 1.88 bits per heavy atom. The molecular formula is C25H28O7. The summed E-state index contributed by atoms with van der Waals surface area (Å²) < 4.78 is 32.8. The van der Waals surface area contributed by atoms with Gasteiger partial charge in [-0.15, -0.1) is 0 Å². The normalized spacial score (nSPS) is 10.4. The minimum atomic E-state index is -0.315. The molecule has 0 aliphatic heterocycles. The van der Waals surface area contributed by atoms with Crippen molar-refractivity contribution in [2.45, 2.75) is 0 Å². The van der Waals surface area contributed by atoms with E-state index in [2.05, 4.69) is 13.2 Å². The van der Waals surface area contributed by atoms with Gasteiger partial charge in [-0.05, 0) is 23.8 Å². The van der Waals surface area contributed by atoms with Crippen molar-refractivity contribution in [2.24, 2.45) is 0 Å². The summed E-state index contributed by atoms with van der Waals surface area (Å²) >= 11 is 0. The molecule has 0 spiro atoms. The minimum absolute atomic E-state index is 0.213. The van der Waals surface area contributed by atoms with E-state index in [4.69, 9.17) is 28.4 Å². The standard InChI is InChI=1S/C25H28O7/c1-7-11-31-18-15-20(27-3)24(21(16-18)32-12-8-2)19(26)10-9-17-13-22(28-4)25(30-6)23(14-17)29-5/h7-10,13-16H,1-2,11-12H2,3-6H3/b10-9+. The highest BCUT2D eigenvalue weighted by atomic mass is 16.5. The van der Waals surface area contributed by atoms with Crippen LogP contribution in [0.2, 0.25) is 0 Å². The van der Waals surface area contributed by atoms with E-state index >= 15 is 0 Å². The molecule has 0 heterocycles. The van der Waals surface area contributed by atoms with E-state index in [0.29, 0.717) is 46.7 Å². The number of rotatable bonds is 13. The number of ketones is 1. The van der Waals surface area contributed by atoms with Gasteiger partial charge in [-0.3, -0.25) is 4.79 Å². The van der Waals surface area contributed by atoms with E-state index in [1.54, 1.807) is 42.5 Å². The van der Waals surface area contributed by atoms with Gasteiger partial charge in [-0.2, -0.15) is 0 Å². The molecule has 2 rings (SSSR count). The summed E-state index contributed by atoms with van der Waals surface area (Å²) in [6.45, 7) is 7.81. The van der Waals surface area contributed by atoms with Crippen molar-refractivity contribution in [1.29, 1.82) is 0 Å². The van der Waals surface area contributed by atoms with E-state index < -0.39 is 0 Å². The number of allylic oxidation sites excluding steroid dienone is 1. The second-order valence-electron chi connectivity index (χ2n) is 6.35. The predicted molar refractivity (Wildman–Crippen MR) is 124 cm³/mol. The SMILES string of the molecule is C=CCOc1cc(OC)c(C(=O)/C=C/c2cc(OC)c(OC)c(OC)c2)c(OCC=C)c1. The molecule has 32 heavy (non-hydrogen) atoms. The van der Waals surface area contributed by atoms with Crippen LogP contribution in [0.15, 0.2) is 55.7 Å². The number of ether oxygens (including phenoxy) is 6. The Hall–Kier alpha value is -3.87. The Kier molecular flexibility index (Phi) is 9.22. The van der Waals surface area contributed by atoms with Gasteiger partial charge < -0.3 is 28.4 Å². The van der Waals surface area contributed by atoms with Crippen LogP contribution in [0.3, 0.4) is 0 Å². The van der Waals surface area contributed by atoms with E-state index in [1.807, 2.05) is 0 Å². The molecule has 7 heteroatoms. The average Bonchev–Trinajstić information content (AvgIpc) is 2.83. The lowest BCUT2D eigenvalue weighted by atomic mass is 10.1. The van der Waals surface area contributed by atoms with Gasteiger partial charge in [0.05, 0.1) is 28.4 Å². The fourth-order valence-corrected chi connectivity index (χ4v) is 2.92. The molecule has 170 valence electrons. The molecule has 2 aromatic carbocycles. The van der Waals surface area contributed by atoms with Gasteiger partial charge in [-0.1, -0.05) is 31.4 Å². The molecule has 0 aromatic heterocycles. The van der Waals surface area contributed by atoms with Gasteiger partial charge in [0.25, 0.3) is 0 Å². The lowest BCUT2D eigenvalue weighted by Crippen LogP contribution is -2.06. The van der Waals surface area contributed by atoms with Crippen LogP contribution in [0.1, 0.15) is 15.9 Å². The minimum Gasteiger partial charge on any atom is -0.496 e. The van der Waals surface area contributed by atoms with Crippen LogP contribution in [-0.2, 0) is 0 Å². The third kappa shape index (κ3) is 5.85. The van der Waals surface area contributed by atoms with Gasteiger partial charge >= 0.3 is 0 Å². The van der Waals surface area contributed by atoms with E-state index in [9.17, 15) is 4.79 Å². The van der Waals surface area contributed by atoms with Crippen molar-refractivity contribution < 1.29 is 33.2 Å². The largest absolute Gasteiger partial charge is 0.496 e. The van der Waals surface area contributed by atoms with Crippen molar-refractivity contribution in [2.75, 3.05) is 41.7 Å². The quantitative estimate of drug-likeness (QED) is 0.253. The van der Waals surface area contributed by atoms with Gasteiger partial charge in [-0.25, -0.2) is 0 Å². The molecule has 2 aromatic rings. The predicted octanol–water partition coefficient (Wildman–Crippen LogP) is 4.75. The highest BCUT2D eigenvalue weighted by Crippen LogP contribution is 2.39. The van der Waals surface area contributed by atoms with Gasteiger partial charge in [0, 0.05) is 12.1 Å². The second-order valence-corrected chi connectivity index (χ2v) is 6.35. The van der Waals surface area contributed by atoms with Crippen molar-refractivity contribution >= 4 is 11.9 Å². The summed E-state index contributed by atoms with van der Waals surface area (Å²) in [6, 6.07) is 6.74. The highest BCUT2D eigenvalue weighted by Gasteiger charge is 2.19. The number of benzene rings is 2. The molecular weight excluding hydrogens is 412 g/mol. The van der Waals surface area contributed by atoms with Crippen LogP contribution < -0.4 is 28.4 Å². The molecule has 0 fully saturated rings. The summed E-state index contributed by atoms with van der Waals surface area (Å²) in [5.74, 6) is 2.25. The fourth-order valence-electron chi connectivity index (χ4n) is 2.92. The average molecular weight is 440 g/mol. The fraction of sp³-hybridized carbons (Fsp3) is 0.240. The Balaban J connectivity index is 2.46. The molecule has 0 amide bonds. The summed E-state index contributed by atoms with van der Waals surface area (Å²) in [5, 5.41) is 0. The number of carbonyl (C=O) groups is 1. The molecule has 0 saturated carbocycles. The summed E-state index contributed by atoms with van der Waals surface area (Å²) in [7, 11) is 6.06. The van der Waals surface area contributed by atoms with Crippen molar-refractivity contribution in [3.05, 3.63) is 66.8 Å². The number of methoxy groups -OCH3 is 4. The zero-order chi connectivity index (χ0) is 23.5. The van der Waals surface area contributed by atoms with Gasteiger partial charge in [0.1, 0.15) is 36.0 Å². The smallest absolute Gasteiger partial charge is 0.203 e. The molecule has 0 unspecified atom stereocenters. The third-order valence-electron chi connectivity index (χ3n) is 4.34. The van der Waals surface area contributed by atoms with Crippen LogP contribution in [0.25, 0.3) is 6.08 Å². The maximum atomic E-state index is 13.1. The highest BCUT2D eigenvalue weighted by molar-refractivity contribution is 6.10. The van der Waals surface area contributed by atoms with Crippen molar-refractivity contribution in [1.82, 2.24) is 0 Å². The molecule has 0 aliphatic carbocycles. The second kappa shape index (κ2) is 12.1.